The van der Waals surface area contributed by atoms with Crippen LogP contribution in [0.2, 0.25) is 0 Å². The molecule has 222 valence electrons. The standard InChI is InChI=1S/C30H39FN4O6/c1-17-16-33-25(19-6-7-19)30(40)35(3)18(2)28(38)34-26(27(37)20-8-10-22(31)11-9-20)29(39)32-14-4-5-21-15-23(36)12-13-24(21)41-17/h8-13,15,17-19,25-27,33,36-37H,4-7,14,16H2,1-3H3,(H,32,39)(H,34,38)/t17-,18-,25+,26-,27-/m1/s1. The predicted molar refractivity (Wildman–Crippen MR) is 150 cm³/mol. The summed E-state index contributed by atoms with van der Waals surface area (Å²) in [6, 6.07) is 7.03. The number of halogens is 1. The SMILES string of the molecule is C[C@@H]1CN[C@@H](C2CC2)C(=O)N(C)[C@H](C)C(=O)N[C@H]([C@H](O)c2ccc(F)cc2)C(=O)NCCCc2cc(O)ccc2O1. The summed E-state index contributed by atoms with van der Waals surface area (Å²) in [5.74, 6) is -1.17. The fourth-order valence-corrected chi connectivity index (χ4v) is 4.91. The van der Waals surface area contributed by atoms with Crippen molar-refractivity contribution in [2.75, 3.05) is 20.1 Å². The van der Waals surface area contributed by atoms with Gasteiger partial charge in [-0.05, 0) is 86.9 Å². The lowest BCUT2D eigenvalue weighted by molar-refractivity contribution is -0.142. The van der Waals surface area contributed by atoms with Crippen LogP contribution in [0, 0.1) is 11.7 Å². The molecule has 10 nitrogen and oxygen atoms in total. The monoisotopic (exact) mass is 570 g/mol. The molecule has 1 heterocycles. The van der Waals surface area contributed by atoms with Gasteiger partial charge >= 0.3 is 0 Å². The number of fused-ring (bicyclic) bond motifs is 1. The van der Waals surface area contributed by atoms with Crippen molar-refractivity contribution in [2.45, 2.75) is 69.9 Å². The second-order valence-corrected chi connectivity index (χ2v) is 10.9. The van der Waals surface area contributed by atoms with Gasteiger partial charge in [0.15, 0.2) is 0 Å². The van der Waals surface area contributed by atoms with Gasteiger partial charge in [-0.15, -0.1) is 0 Å². The van der Waals surface area contributed by atoms with Gasteiger partial charge in [0.1, 0.15) is 41.6 Å². The van der Waals surface area contributed by atoms with Gasteiger partial charge < -0.3 is 35.8 Å². The third-order valence-corrected chi connectivity index (χ3v) is 7.69. The summed E-state index contributed by atoms with van der Waals surface area (Å²) in [5.41, 5.74) is 1.01. The lowest BCUT2D eigenvalue weighted by atomic mass is 10.0. The number of nitrogens with zero attached hydrogens (tertiary/aromatic N) is 1. The molecule has 1 fully saturated rings. The van der Waals surface area contributed by atoms with Crippen LogP contribution in [0.1, 0.15) is 50.3 Å². The molecule has 5 N–H and O–H groups in total. The van der Waals surface area contributed by atoms with E-state index in [2.05, 4.69) is 16.0 Å². The Morgan fingerprint density at radius 2 is 1.76 bits per heavy atom. The molecule has 0 radical (unpaired) electrons. The minimum Gasteiger partial charge on any atom is -0.508 e. The maximum Gasteiger partial charge on any atom is 0.245 e. The van der Waals surface area contributed by atoms with Crippen LogP contribution >= 0.6 is 0 Å². The quantitative estimate of drug-likeness (QED) is 0.379. The Morgan fingerprint density at radius 3 is 2.44 bits per heavy atom. The number of phenols is 1. The Hall–Kier alpha value is -3.70. The van der Waals surface area contributed by atoms with Crippen molar-refractivity contribution in [3.63, 3.8) is 0 Å². The summed E-state index contributed by atoms with van der Waals surface area (Å²) < 4.78 is 19.7. The number of ether oxygens (including phenoxy) is 1. The number of amides is 3. The molecular formula is C30H39FN4O6. The molecule has 5 atom stereocenters. The lowest BCUT2D eigenvalue weighted by Gasteiger charge is -2.31. The number of nitrogens with one attached hydrogen (secondary N) is 3. The molecule has 4 rings (SSSR count). The first-order valence-electron chi connectivity index (χ1n) is 14.1. The number of hydrogen-bond acceptors (Lipinski definition) is 7. The van der Waals surface area contributed by atoms with Crippen molar-refractivity contribution in [1.29, 1.82) is 0 Å². The van der Waals surface area contributed by atoms with Gasteiger partial charge in [0.2, 0.25) is 17.7 Å². The molecule has 0 bridgehead atoms. The molecule has 1 aliphatic carbocycles. The average Bonchev–Trinajstić information content (AvgIpc) is 3.79. The Labute approximate surface area is 239 Å². The molecule has 2 aliphatic rings. The van der Waals surface area contributed by atoms with Gasteiger partial charge in [0, 0.05) is 20.1 Å². The highest BCUT2D eigenvalue weighted by Gasteiger charge is 2.40. The van der Waals surface area contributed by atoms with E-state index >= 15 is 0 Å². The number of aliphatic hydroxyl groups excluding tert-OH is 1. The van der Waals surface area contributed by atoms with E-state index in [0.717, 1.165) is 30.5 Å². The highest BCUT2D eigenvalue weighted by atomic mass is 19.1. The number of phenolic OH excluding ortho intramolecular Hbond substituents is 1. The summed E-state index contributed by atoms with van der Waals surface area (Å²) in [6.45, 7) is 4.06. The minimum absolute atomic E-state index is 0.0889. The number of carbonyl (C=O) groups is 3. The van der Waals surface area contributed by atoms with Gasteiger partial charge in [0.25, 0.3) is 0 Å². The molecular weight excluding hydrogens is 531 g/mol. The van der Waals surface area contributed by atoms with E-state index in [0.29, 0.717) is 25.1 Å². The van der Waals surface area contributed by atoms with Gasteiger partial charge in [-0.2, -0.15) is 0 Å². The smallest absolute Gasteiger partial charge is 0.245 e. The van der Waals surface area contributed by atoms with E-state index < -0.39 is 41.9 Å². The second-order valence-electron chi connectivity index (χ2n) is 10.9. The average molecular weight is 571 g/mol. The van der Waals surface area contributed by atoms with Crippen molar-refractivity contribution in [3.8, 4) is 11.5 Å². The molecule has 41 heavy (non-hydrogen) atoms. The molecule has 2 aromatic carbocycles. The van der Waals surface area contributed by atoms with Crippen molar-refractivity contribution in [2.24, 2.45) is 5.92 Å². The van der Waals surface area contributed by atoms with Crippen molar-refractivity contribution >= 4 is 17.7 Å². The summed E-state index contributed by atoms with van der Waals surface area (Å²) in [7, 11) is 1.54. The summed E-state index contributed by atoms with van der Waals surface area (Å²) in [4.78, 5) is 41.4. The number of hydrogen-bond donors (Lipinski definition) is 5. The maximum absolute atomic E-state index is 13.5. The van der Waals surface area contributed by atoms with Crippen LogP contribution in [0.15, 0.2) is 42.5 Å². The van der Waals surface area contributed by atoms with E-state index in [1.165, 1.54) is 24.1 Å². The van der Waals surface area contributed by atoms with Gasteiger partial charge in [0.05, 0.1) is 6.04 Å². The van der Waals surface area contributed by atoms with Crippen molar-refractivity contribution in [1.82, 2.24) is 20.9 Å². The summed E-state index contributed by atoms with van der Waals surface area (Å²) in [6.07, 6.45) is 0.996. The van der Waals surface area contributed by atoms with E-state index in [4.69, 9.17) is 4.74 Å². The predicted octanol–water partition coefficient (Wildman–Crippen LogP) is 1.79. The number of aryl methyl sites for hydroxylation is 1. The number of benzene rings is 2. The first kappa shape index (κ1) is 30.3. The van der Waals surface area contributed by atoms with Crippen molar-refractivity contribution in [3.05, 3.63) is 59.4 Å². The largest absolute Gasteiger partial charge is 0.508 e. The molecule has 0 aromatic heterocycles. The zero-order valence-electron chi connectivity index (χ0n) is 23.6. The Kier molecular flexibility index (Phi) is 9.82. The zero-order chi connectivity index (χ0) is 29.7. The zero-order valence-corrected chi connectivity index (χ0v) is 23.6. The third kappa shape index (κ3) is 7.74. The summed E-state index contributed by atoms with van der Waals surface area (Å²) in [5, 5.41) is 29.8. The lowest BCUT2D eigenvalue weighted by Crippen LogP contribution is -2.57. The van der Waals surface area contributed by atoms with Gasteiger partial charge in [-0.1, -0.05) is 12.1 Å². The fraction of sp³-hybridized carbons (Fsp3) is 0.500. The highest BCUT2D eigenvalue weighted by Crippen LogP contribution is 2.34. The Bertz CT molecular complexity index is 1240. The fourth-order valence-electron chi connectivity index (χ4n) is 4.91. The van der Waals surface area contributed by atoms with Gasteiger partial charge in [-0.3, -0.25) is 14.4 Å². The van der Waals surface area contributed by atoms with Gasteiger partial charge in [-0.25, -0.2) is 4.39 Å². The topological polar surface area (TPSA) is 140 Å². The van der Waals surface area contributed by atoms with E-state index in [1.807, 2.05) is 6.92 Å². The minimum atomic E-state index is -1.47. The van der Waals surface area contributed by atoms with Crippen LogP contribution in [0.5, 0.6) is 11.5 Å². The van der Waals surface area contributed by atoms with E-state index in [1.54, 1.807) is 25.1 Å². The molecule has 11 heteroatoms. The summed E-state index contributed by atoms with van der Waals surface area (Å²) >= 11 is 0. The number of rotatable bonds is 3. The van der Waals surface area contributed by atoms with Crippen LogP contribution in [-0.2, 0) is 20.8 Å². The number of carbonyl (C=O) groups excluding carboxylic acids is 3. The van der Waals surface area contributed by atoms with Crippen LogP contribution in [0.3, 0.4) is 0 Å². The van der Waals surface area contributed by atoms with E-state index in [9.17, 15) is 29.0 Å². The van der Waals surface area contributed by atoms with E-state index in [-0.39, 0.29) is 35.8 Å². The van der Waals surface area contributed by atoms with Crippen LogP contribution in [0.4, 0.5) is 4.39 Å². The second kappa shape index (κ2) is 13.3. The molecule has 1 aliphatic heterocycles. The van der Waals surface area contributed by atoms with Crippen LogP contribution < -0.4 is 20.7 Å². The number of likely N-dealkylation sites (N-methyl/N-ethyl adjacent to an activating group) is 1. The molecule has 0 unspecified atom stereocenters. The molecule has 2 aromatic rings. The first-order chi connectivity index (χ1) is 19.5. The first-order valence-corrected chi connectivity index (χ1v) is 14.1. The van der Waals surface area contributed by atoms with Crippen molar-refractivity contribution < 1.29 is 33.7 Å². The number of aromatic hydroxyl groups is 1. The van der Waals surface area contributed by atoms with Crippen LogP contribution in [0.25, 0.3) is 0 Å². The molecule has 3 amide bonds. The Balaban J connectivity index is 1.61. The molecule has 0 saturated heterocycles. The normalized spacial score (nSPS) is 26.1. The third-order valence-electron chi connectivity index (χ3n) is 7.69. The van der Waals surface area contributed by atoms with Crippen LogP contribution in [-0.4, -0.2) is 77.2 Å². The molecule has 1 saturated carbocycles. The molecule has 0 spiro atoms. The maximum atomic E-state index is 13.5. The highest BCUT2D eigenvalue weighted by molar-refractivity contribution is 5.93. The number of aliphatic hydroxyl groups is 1. The Morgan fingerprint density at radius 1 is 1.05 bits per heavy atom.